The summed E-state index contributed by atoms with van der Waals surface area (Å²) in [5.41, 5.74) is 3.84. The van der Waals surface area contributed by atoms with Crippen LogP contribution in [0.3, 0.4) is 0 Å². The van der Waals surface area contributed by atoms with Crippen LogP contribution in [0.1, 0.15) is 48.9 Å². The number of nitrogens with one attached hydrogen (secondary N) is 3. The quantitative estimate of drug-likeness (QED) is 0.200. The molecule has 0 spiro atoms. The van der Waals surface area contributed by atoms with Gasteiger partial charge < -0.3 is 30.7 Å². The minimum Gasteiger partial charge on any atom is -0.483 e. The third-order valence-electron chi connectivity index (χ3n) is 8.41. The predicted octanol–water partition coefficient (Wildman–Crippen LogP) is 4.33. The Kier molecular flexibility index (Phi) is 12.6. The molecule has 246 valence electrons. The van der Waals surface area contributed by atoms with Crippen LogP contribution in [0.2, 0.25) is 0 Å². The van der Waals surface area contributed by atoms with Crippen LogP contribution >= 0.6 is 0 Å². The summed E-state index contributed by atoms with van der Waals surface area (Å²) in [5, 5.41) is 20.7. The van der Waals surface area contributed by atoms with Crippen molar-refractivity contribution < 1.29 is 24.2 Å². The highest BCUT2D eigenvalue weighted by Gasteiger charge is 2.35. The fraction of sp³-hybridized carbons (Fsp3) is 0.432. The molecule has 4 N–H and O–H groups in total. The van der Waals surface area contributed by atoms with Crippen LogP contribution in [-0.2, 0) is 22.4 Å². The van der Waals surface area contributed by atoms with E-state index in [2.05, 4.69) is 16.0 Å². The number of benzene rings is 3. The fourth-order valence-corrected chi connectivity index (χ4v) is 6.12. The van der Waals surface area contributed by atoms with Crippen molar-refractivity contribution in [2.75, 3.05) is 19.7 Å². The maximum atomic E-state index is 13.8. The number of nitrogens with zero attached hydrogens (tertiary/aromatic N) is 1. The highest BCUT2D eigenvalue weighted by Crippen LogP contribution is 2.22. The van der Waals surface area contributed by atoms with E-state index in [0.29, 0.717) is 31.7 Å². The molecule has 0 aliphatic carbocycles. The fourth-order valence-electron chi connectivity index (χ4n) is 6.12. The van der Waals surface area contributed by atoms with Gasteiger partial charge in [0.15, 0.2) is 6.61 Å². The molecule has 0 radical (unpaired) electrons. The van der Waals surface area contributed by atoms with Crippen LogP contribution in [0, 0.1) is 19.8 Å². The Morgan fingerprint density at radius 1 is 0.891 bits per heavy atom. The van der Waals surface area contributed by atoms with Crippen LogP contribution in [0.25, 0.3) is 0 Å². The third kappa shape index (κ3) is 9.81. The molecule has 4 rings (SSSR count). The highest BCUT2D eigenvalue weighted by molar-refractivity contribution is 5.87. The molecule has 0 aromatic heterocycles. The van der Waals surface area contributed by atoms with E-state index in [-0.39, 0.29) is 36.8 Å². The Morgan fingerprint density at radius 3 is 2.09 bits per heavy atom. The smallest absolute Gasteiger partial charge is 0.318 e. The normalized spacial score (nSPS) is 15.8. The van der Waals surface area contributed by atoms with Gasteiger partial charge in [-0.15, -0.1) is 0 Å². The number of carbonyl (C=O) groups excluding carboxylic acids is 3. The van der Waals surface area contributed by atoms with Gasteiger partial charge in [-0.2, -0.15) is 0 Å². The lowest BCUT2D eigenvalue weighted by atomic mass is 9.92. The molecule has 0 saturated carbocycles. The number of rotatable bonds is 15. The molecule has 3 aromatic rings. The molecule has 1 heterocycles. The second kappa shape index (κ2) is 16.8. The van der Waals surface area contributed by atoms with E-state index in [1.54, 1.807) is 4.90 Å². The highest BCUT2D eigenvalue weighted by atomic mass is 16.5. The van der Waals surface area contributed by atoms with Gasteiger partial charge >= 0.3 is 6.03 Å². The number of urea groups is 1. The van der Waals surface area contributed by atoms with Crippen LogP contribution in [0.4, 0.5) is 4.79 Å². The topological polar surface area (TPSA) is 120 Å². The zero-order valence-electron chi connectivity index (χ0n) is 27.4. The van der Waals surface area contributed by atoms with Gasteiger partial charge in [-0.25, -0.2) is 4.79 Å². The molecule has 1 saturated heterocycles. The van der Waals surface area contributed by atoms with Crippen molar-refractivity contribution in [1.29, 1.82) is 0 Å². The van der Waals surface area contributed by atoms with E-state index in [1.807, 2.05) is 107 Å². The minimum absolute atomic E-state index is 0.117. The first-order chi connectivity index (χ1) is 22.1. The summed E-state index contributed by atoms with van der Waals surface area (Å²) in [6, 6.07) is 23.3. The van der Waals surface area contributed by atoms with Gasteiger partial charge in [0.05, 0.1) is 12.1 Å². The Labute approximate surface area is 272 Å². The number of para-hydroxylation sites is 1. The largest absolute Gasteiger partial charge is 0.483 e. The number of ether oxygens (including phenoxy) is 1. The second-order valence-electron chi connectivity index (χ2n) is 12.5. The number of aliphatic hydroxyl groups is 1. The predicted molar refractivity (Wildman–Crippen MR) is 180 cm³/mol. The first-order valence-electron chi connectivity index (χ1n) is 16.2. The molecule has 1 aliphatic heterocycles. The summed E-state index contributed by atoms with van der Waals surface area (Å²) < 4.78 is 5.90. The van der Waals surface area contributed by atoms with Crippen molar-refractivity contribution in [1.82, 2.24) is 20.9 Å². The van der Waals surface area contributed by atoms with Crippen LogP contribution < -0.4 is 20.7 Å². The number of hydrogen-bond acceptors (Lipinski definition) is 5. The Morgan fingerprint density at radius 2 is 1.50 bits per heavy atom. The van der Waals surface area contributed by atoms with Crippen molar-refractivity contribution in [2.45, 2.75) is 77.6 Å². The van der Waals surface area contributed by atoms with E-state index in [0.717, 1.165) is 28.7 Å². The number of amides is 4. The van der Waals surface area contributed by atoms with Crippen molar-refractivity contribution in [3.63, 3.8) is 0 Å². The number of hydrogen-bond donors (Lipinski definition) is 4. The number of carbonyl (C=O) groups is 3. The van der Waals surface area contributed by atoms with Gasteiger partial charge in [0.25, 0.3) is 5.91 Å². The molecule has 3 aromatic carbocycles. The summed E-state index contributed by atoms with van der Waals surface area (Å²) in [4.78, 5) is 41.3. The SMILES string of the molecule is Cc1cccc(C)c1OCC(=O)N[C@@H](Cc1ccccc1)[C@@H](O)C[C@@H](Cc1ccccc1)NC(=O)C(C(C)C)N1CCCNC1=O. The van der Waals surface area contributed by atoms with Gasteiger partial charge in [0, 0.05) is 19.1 Å². The molecular formula is C37H48N4O5. The van der Waals surface area contributed by atoms with Crippen molar-refractivity contribution >= 4 is 17.8 Å². The van der Waals surface area contributed by atoms with Gasteiger partial charge in [-0.05, 0) is 67.7 Å². The molecular weight excluding hydrogens is 580 g/mol. The summed E-state index contributed by atoms with van der Waals surface area (Å²) >= 11 is 0. The van der Waals surface area contributed by atoms with Crippen molar-refractivity contribution in [2.24, 2.45) is 5.92 Å². The molecule has 4 atom stereocenters. The van der Waals surface area contributed by atoms with Crippen molar-refractivity contribution in [3.05, 3.63) is 101 Å². The first kappa shape index (κ1) is 34.5. The lowest BCUT2D eigenvalue weighted by Crippen LogP contribution is -2.59. The molecule has 46 heavy (non-hydrogen) atoms. The maximum absolute atomic E-state index is 13.8. The minimum atomic E-state index is -0.992. The molecule has 1 fully saturated rings. The standard InChI is InChI=1S/C37H48N4O5/c1-25(2)34(41-20-12-19-38-37(41)45)36(44)39-30(21-28-15-7-5-8-16-28)23-32(42)31(22-29-17-9-6-10-18-29)40-33(43)24-46-35-26(3)13-11-14-27(35)4/h5-11,13-18,25,30-32,34,42H,12,19-24H2,1-4H3,(H,38,45)(H,39,44)(H,40,43)/t30-,31+,32+,34?/m1/s1. The van der Waals surface area contributed by atoms with E-state index in [9.17, 15) is 19.5 Å². The average Bonchev–Trinajstić information content (AvgIpc) is 3.02. The number of aliphatic hydroxyl groups excluding tert-OH is 1. The Bertz CT molecular complexity index is 1410. The van der Waals surface area contributed by atoms with Gasteiger partial charge in [0.1, 0.15) is 11.8 Å². The molecule has 9 heteroatoms. The zero-order chi connectivity index (χ0) is 33.1. The van der Waals surface area contributed by atoms with Crippen LogP contribution in [0.5, 0.6) is 5.75 Å². The molecule has 1 unspecified atom stereocenters. The van der Waals surface area contributed by atoms with Crippen LogP contribution in [-0.4, -0.2) is 71.8 Å². The summed E-state index contributed by atoms with van der Waals surface area (Å²) in [5.74, 6) is -0.0493. The molecule has 4 amide bonds. The maximum Gasteiger partial charge on any atom is 0.318 e. The Hall–Kier alpha value is -4.37. The monoisotopic (exact) mass is 628 g/mol. The average molecular weight is 629 g/mol. The van der Waals surface area contributed by atoms with Crippen LogP contribution in [0.15, 0.2) is 78.9 Å². The van der Waals surface area contributed by atoms with E-state index in [4.69, 9.17) is 4.74 Å². The lowest BCUT2D eigenvalue weighted by molar-refractivity contribution is -0.128. The summed E-state index contributed by atoms with van der Waals surface area (Å²) in [6.07, 6.45) is 0.831. The Balaban J connectivity index is 1.52. The van der Waals surface area contributed by atoms with Crippen molar-refractivity contribution in [3.8, 4) is 5.75 Å². The lowest BCUT2D eigenvalue weighted by Gasteiger charge is -2.37. The number of aryl methyl sites for hydroxylation is 2. The molecule has 0 bridgehead atoms. The summed E-state index contributed by atoms with van der Waals surface area (Å²) in [6.45, 7) is 8.63. The molecule has 9 nitrogen and oxygen atoms in total. The first-order valence-corrected chi connectivity index (χ1v) is 16.2. The van der Waals surface area contributed by atoms with Gasteiger partial charge in [-0.3, -0.25) is 9.59 Å². The third-order valence-corrected chi connectivity index (χ3v) is 8.41. The van der Waals surface area contributed by atoms with E-state index in [1.165, 1.54) is 0 Å². The van der Waals surface area contributed by atoms with E-state index >= 15 is 0 Å². The van der Waals surface area contributed by atoms with Gasteiger partial charge in [0.2, 0.25) is 5.91 Å². The van der Waals surface area contributed by atoms with E-state index < -0.39 is 24.2 Å². The zero-order valence-corrected chi connectivity index (χ0v) is 27.4. The summed E-state index contributed by atoms with van der Waals surface area (Å²) in [7, 11) is 0. The molecule has 1 aliphatic rings. The van der Waals surface area contributed by atoms with Gasteiger partial charge in [-0.1, -0.05) is 92.7 Å². The second-order valence-corrected chi connectivity index (χ2v) is 12.5.